The van der Waals surface area contributed by atoms with Gasteiger partial charge in [-0.1, -0.05) is 12.1 Å². The van der Waals surface area contributed by atoms with E-state index in [-0.39, 0.29) is 10.8 Å². The maximum Gasteiger partial charge on any atom is 0.245 e. The molecule has 1 unspecified atom stereocenters. The van der Waals surface area contributed by atoms with Gasteiger partial charge in [0.2, 0.25) is 15.9 Å². The Morgan fingerprint density at radius 2 is 1.81 bits per heavy atom. The Bertz CT molecular complexity index is 920. The molecule has 138 valence electrons. The molecule has 2 aromatic carbocycles. The standard InChI is InChI=1S/C19H22N2O4S/c1-13-9-14(2)11-15(10-13)21-8-7-18(19(21)22)20-26(23,24)17-6-4-5-16(12-17)25-3/h4-6,9-12,18,20H,7-8H2,1-3H3. The van der Waals surface area contributed by atoms with Crippen LogP contribution in [0.15, 0.2) is 47.4 Å². The van der Waals surface area contributed by atoms with E-state index in [2.05, 4.69) is 4.72 Å². The summed E-state index contributed by atoms with van der Waals surface area (Å²) >= 11 is 0. The molecule has 0 aliphatic carbocycles. The highest BCUT2D eigenvalue weighted by Crippen LogP contribution is 2.25. The second kappa shape index (κ2) is 7.09. The Hall–Kier alpha value is -2.38. The average molecular weight is 374 g/mol. The van der Waals surface area contributed by atoms with Gasteiger partial charge in [-0.2, -0.15) is 4.72 Å². The number of carbonyl (C=O) groups excluding carboxylic acids is 1. The SMILES string of the molecule is COc1cccc(S(=O)(=O)NC2CCN(c3cc(C)cc(C)c3)C2=O)c1. The van der Waals surface area contributed by atoms with Crippen LogP contribution in [0.5, 0.6) is 5.75 Å². The van der Waals surface area contributed by atoms with E-state index >= 15 is 0 Å². The smallest absolute Gasteiger partial charge is 0.245 e. The van der Waals surface area contributed by atoms with Crippen molar-refractivity contribution in [3.05, 3.63) is 53.6 Å². The predicted molar refractivity (Wildman–Crippen MR) is 100.0 cm³/mol. The predicted octanol–water partition coefficient (Wildman–Crippen LogP) is 2.40. The topological polar surface area (TPSA) is 75.7 Å². The minimum atomic E-state index is -3.81. The van der Waals surface area contributed by atoms with Gasteiger partial charge in [0.1, 0.15) is 11.8 Å². The number of amides is 1. The maximum atomic E-state index is 12.7. The fourth-order valence-corrected chi connectivity index (χ4v) is 4.43. The van der Waals surface area contributed by atoms with Crippen molar-refractivity contribution < 1.29 is 17.9 Å². The molecule has 0 saturated carbocycles. The van der Waals surface area contributed by atoms with Gasteiger partial charge in [-0.15, -0.1) is 0 Å². The van der Waals surface area contributed by atoms with Crippen LogP contribution in [0.2, 0.25) is 0 Å². The van der Waals surface area contributed by atoms with E-state index in [1.54, 1.807) is 17.0 Å². The summed E-state index contributed by atoms with van der Waals surface area (Å²) in [7, 11) is -2.34. The summed E-state index contributed by atoms with van der Waals surface area (Å²) in [5.74, 6) is 0.212. The van der Waals surface area contributed by atoms with Crippen molar-refractivity contribution in [1.82, 2.24) is 4.72 Å². The first-order valence-electron chi connectivity index (χ1n) is 8.36. The number of anilines is 1. The number of methoxy groups -OCH3 is 1. The molecule has 0 bridgehead atoms. The van der Waals surface area contributed by atoms with Crippen molar-refractivity contribution in [3.8, 4) is 5.75 Å². The summed E-state index contributed by atoms with van der Waals surface area (Å²) in [5.41, 5.74) is 2.93. The Morgan fingerprint density at radius 1 is 1.12 bits per heavy atom. The Kier molecular flexibility index (Phi) is 5.02. The summed E-state index contributed by atoms with van der Waals surface area (Å²) in [4.78, 5) is 14.5. The molecule has 1 heterocycles. The normalized spacial score (nSPS) is 17.6. The molecular weight excluding hydrogens is 352 g/mol. The van der Waals surface area contributed by atoms with Gasteiger partial charge in [-0.25, -0.2) is 8.42 Å². The van der Waals surface area contributed by atoms with Crippen LogP contribution in [0.3, 0.4) is 0 Å². The Morgan fingerprint density at radius 3 is 2.46 bits per heavy atom. The molecule has 1 aliphatic heterocycles. The molecule has 0 radical (unpaired) electrons. The highest BCUT2D eigenvalue weighted by atomic mass is 32.2. The Balaban J connectivity index is 1.80. The first-order chi connectivity index (χ1) is 12.3. The highest BCUT2D eigenvalue weighted by molar-refractivity contribution is 7.89. The zero-order valence-corrected chi connectivity index (χ0v) is 15.8. The van der Waals surface area contributed by atoms with Crippen molar-refractivity contribution in [3.63, 3.8) is 0 Å². The van der Waals surface area contributed by atoms with Gasteiger partial charge in [-0.05, 0) is 55.7 Å². The maximum absolute atomic E-state index is 12.7. The summed E-state index contributed by atoms with van der Waals surface area (Å²) in [5, 5.41) is 0. The molecule has 2 aromatic rings. The van der Waals surface area contributed by atoms with E-state index in [4.69, 9.17) is 4.74 Å². The van der Waals surface area contributed by atoms with Gasteiger partial charge in [-0.3, -0.25) is 4.79 Å². The molecule has 1 amide bonds. The molecule has 1 saturated heterocycles. The quantitative estimate of drug-likeness (QED) is 0.872. The van der Waals surface area contributed by atoms with Crippen LogP contribution in [-0.4, -0.2) is 34.0 Å². The third kappa shape index (κ3) is 3.73. The number of aryl methyl sites for hydroxylation is 2. The van der Waals surface area contributed by atoms with Crippen LogP contribution in [0.1, 0.15) is 17.5 Å². The van der Waals surface area contributed by atoms with Crippen LogP contribution in [0.4, 0.5) is 5.69 Å². The molecule has 1 atom stereocenters. The third-order valence-electron chi connectivity index (χ3n) is 4.37. The lowest BCUT2D eigenvalue weighted by molar-refractivity contribution is -0.118. The molecule has 6 nitrogen and oxygen atoms in total. The van der Waals surface area contributed by atoms with E-state index in [0.29, 0.717) is 18.7 Å². The second-order valence-corrected chi connectivity index (χ2v) is 8.19. The first-order valence-corrected chi connectivity index (χ1v) is 9.84. The van der Waals surface area contributed by atoms with E-state index in [0.717, 1.165) is 16.8 Å². The van der Waals surface area contributed by atoms with E-state index in [1.807, 2.05) is 32.0 Å². The number of hydrogen-bond donors (Lipinski definition) is 1. The monoisotopic (exact) mass is 374 g/mol. The number of sulfonamides is 1. The van der Waals surface area contributed by atoms with Gasteiger partial charge < -0.3 is 9.64 Å². The molecule has 7 heteroatoms. The molecule has 0 spiro atoms. The summed E-state index contributed by atoms with van der Waals surface area (Å²) in [6.45, 7) is 4.42. The highest BCUT2D eigenvalue weighted by Gasteiger charge is 2.35. The van der Waals surface area contributed by atoms with Crippen molar-refractivity contribution in [2.24, 2.45) is 0 Å². The minimum absolute atomic E-state index is 0.0782. The van der Waals surface area contributed by atoms with Crippen LogP contribution in [-0.2, 0) is 14.8 Å². The zero-order valence-electron chi connectivity index (χ0n) is 15.0. The summed E-state index contributed by atoms with van der Waals surface area (Å²) in [6, 6.07) is 11.3. The molecule has 1 aliphatic rings. The number of nitrogens with one attached hydrogen (secondary N) is 1. The first kappa shape index (κ1) is 18.4. The van der Waals surface area contributed by atoms with Gasteiger partial charge in [0.15, 0.2) is 0 Å². The number of ether oxygens (including phenoxy) is 1. The van der Waals surface area contributed by atoms with Gasteiger partial charge >= 0.3 is 0 Å². The number of rotatable bonds is 5. The molecule has 26 heavy (non-hydrogen) atoms. The van der Waals surface area contributed by atoms with Crippen LogP contribution >= 0.6 is 0 Å². The fourth-order valence-electron chi connectivity index (χ4n) is 3.18. The van der Waals surface area contributed by atoms with Crippen molar-refractivity contribution in [2.75, 3.05) is 18.6 Å². The van der Waals surface area contributed by atoms with Crippen LogP contribution in [0.25, 0.3) is 0 Å². The average Bonchev–Trinajstić information content (AvgIpc) is 2.94. The molecule has 3 rings (SSSR count). The van der Waals surface area contributed by atoms with Gasteiger partial charge in [0.25, 0.3) is 0 Å². The van der Waals surface area contributed by atoms with Crippen molar-refractivity contribution in [1.29, 1.82) is 0 Å². The Labute approximate surface area is 153 Å². The van der Waals surface area contributed by atoms with Crippen molar-refractivity contribution in [2.45, 2.75) is 31.2 Å². The lowest BCUT2D eigenvalue weighted by atomic mass is 10.1. The third-order valence-corrected chi connectivity index (χ3v) is 5.84. The lowest BCUT2D eigenvalue weighted by Crippen LogP contribution is -2.41. The summed E-state index contributed by atoms with van der Waals surface area (Å²) in [6.07, 6.45) is 0.426. The van der Waals surface area contributed by atoms with Gasteiger partial charge in [0.05, 0.1) is 12.0 Å². The van der Waals surface area contributed by atoms with Crippen molar-refractivity contribution >= 4 is 21.6 Å². The van der Waals surface area contributed by atoms with Crippen LogP contribution < -0.4 is 14.4 Å². The zero-order chi connectivity index (χ0) is 18.9. The van der Waals surface area contributed by atoms with E-state index in [9.17, 15) is 13.2 Å². The number of benzene rings is 2. The second-order valence-electron chi connectivity index (χ2n) is 6.48. The molecular formula is C19H22N2O4S. The van der Waals surface area contributed by atoms with E-state index < -0.39 is 16.1 Å². The summed E-state index contributed by atoms with van der Waals surface area (Å²) < 4.78 is 32.8. The number of carbonyl (C=O) groups is 1. The minimum Gasteiger partial charge on any atom is -0.497 e. The lowest BCUT2D eigenvalue weighted by Gasteiger charge is -2.18. The van der Waals surface area contributed by atoms with E-state index in [1.165, 1.54) is 19.2 Å². The molecule has 1 N–H and O–H groups in total. The largest absolute Gasteiger partial charge is 0.497 e. The number of nitrogens with zero attached hydrogens (tertiary/aromatic N) is 1. The van der Waals surface area contributed by atoms with Gasteiger partial charge in [0, 0.05) is 18.3 Å². The number of hydrogen-bond acceptors (Lipinski definition) is 4. The van der Waals surface area contributed by atoms with Crippen LogP contribution in [0, 0.1) is 13.8 Å². The molecule has 0 aromatic heterocycles. The fraction of sp³-hybridized carbons (Fsp3) is 0.316. The molecule has 1 fully saturated rings.